The third kappa shape index (κ3) is 2.62. The normalized spacial score (nSPS) is 19.2. The van der Waals surface area contributed by atoms with Crippen molar-refractivity contribution in [3.63, 3.8) is 0 Å². The number of aryl methyl sites for hydroxylation is 1. The second-order valence-corrected chi connectivity index (χ2v) is 6.27. The highest BCUT2D eigenvalue weighted by Gasteiger charge is 2.29. The molecule has 0 amide bonds. The molecule has 108 valence electrons. The number of aromatic nitrogens is 4. The lowest BCUT2D eigenvalue weighted by Gasteiger charge is -2.34. The van der Waals surface area contributed by atoms with Crippen molar-refractivity contribution in [3.05, 3.63) is 35.9 Å². The fraction of sp³-hybridized carbons (Fsp3) is 0.571. The molecule has 6 heteroatoms. The van der Waals surface area contributed by atoms with E-state index in [1.165, 1.54) is 22.8 Å². The van der Waals surface area contributed by atoms with Crippen LogP contribution in [0, 0.1) is 0 Å². The number of aromatic amines is 1. The van der Waals surface area contributed by atoms with Gasteiger partial charge in [0.25, 0.3) is 0 Å². The van der Waals surface area contributed by atoms with Crippen LogP contribution in [0.1, 0.15) is 29.5 Å². The monoisotopic (exact) mass is 291 g/mol. The van der Waals surface area contributed by atoms with Crippen LogP contribution in [0.5, 0.6) is 0 Å². The summed E-state index contributed by atoms with van der Waals surface area (Å²) in [5.41, 5.74) is 3.82. The Morgan fingerprint density at radius 3 is 3.15 bits per heavy atom. The van der Waals surface area contributed by atoms with Gasteiger partial charge < -0.3 is 9.55 Å². The van der Waals surface area contributed by atoms with Crippen LogP contribution in [0.25, 0.3) is 0 Å². The third-order valence-electron chi connectivity index (χ3n) is 4.03. The van der Waals surface area contributed by atoms with Gasteiger partial charge in [-0.25, -0.2) is 9.97 Å². The molecular formula is C14H21N5S. The first-order chi connectivity index (χ1) is 9.79. The molecule has 1 atom stereocenters. The van der Waals surface area contributed by atoms with E-state index in [4.69, 9.17) is 0 Å². The number of fused-ring (bicyclic) bond motifs is 1. The van der Waals surface area contributed by atoms with Crippen molar-refractivity contribution in [2.75, 3.05) is 18.6 Å². The van der Waals surface area contributed by atoms with Gasteiger partial charge in [-0.05, 0) is 18.4 Å². The summed E-state index contributed by atoms with van der Waals surface area (Å²) < 4.78 is 2.10. The molecule has 0 radical (unpaired) electrons. The highest BCUT2D eigenvalue weighted by Crippen LogP contribution is 2.31. The first-order valence-electron chi connectivity index (χ1n) is 7.00. The van der Waals surface area contributed by atoms with Crippen molar-refractivity contribution in [2.24, 2.45) is 7.05 Å². The second kappa shape index (κ2) is 6.01. The largest absolute Gasteiger partial charge is 0.348 e. The average Bonchev–Trinajstić information content (AvgIpc) is 3.07. The summed E-state index contributed by atoms with van der Waals surface area (Å²) in [6, 6.07) is 0.423. The fourth-order valence-electron chi connectivity index (χ4n) is 2.89. The van der Waals surface area contributed by atoms with Crippen molar-refractivity contribution in [2.45, 2.75) is 25.4 Å². The van der Waals surface area contributed by atoms with Crippen LogP contribution in [0.3, 0.4) is 0 Å². The van der Waals surface area contributed by atoms with Gasteiger partial charge in [-0.1, -0.05) is 0 Å². The van der Waals surface area contributed by atoms with Crippen LogP contribution in [0.15, 0.2) is 18.9 Å². The molecular weight excluding hydrogens is 270 g/mol. The molecule has 0 aliphatic carbocycles. The van der Waals surface area contributed by atoms with Gasteiger partial charge in [-0.2, -0.15) is 11.8 Å². The molecule has 2 aromatic heterocycles. The van der Waals surface area contributed by atoms with Gasteiger partial charge in [0, 0.05) is 38.4 Å². The Morgan fingerprint density at radius 1 is 1.50 bits per heavy atom. The van der Waals surface area contributed by atoms with Gasteiger partial charge in [-0.3, -0.25) is 4.90 Å². The first-order valence-corrected chi connectivity index (χ1v) is 8.39. The summed E-state index contributed by atoms with van der Waals surface area (Å²) in [7, 11) is 2.06. The maximum Gasteiger partial charge on any atom is 0.0945 e. The lowest BCUT2D eigenvalue weighted by atomic mass is 10.0. The van der Waals surface area contributed by atoms with E-state index in [0.29, 0.717) is 6.04 Å². The number of imidazole rings is 2. The molecule has 0 saturated heterocycles. The van der Waals surface area contributed by atoms with Gasteiger partial charge in [0.15, 0.2) is 0 Å². The molecule has 1 aliphatic heterocycles. The minimum atomic E-state index is 0.423. The van der Waals surface area contributed by atoms with Crippen LogP contribution in [0.4, 0.5) is 0 Å². The van der Waals surface area contributed by atoms with Crippen LogP contribution in [-0.2, 0) is 20.0 Å². The number of hydrogen-bond acceptors (Lipinski definition) is 4. The molecule has 3 heterocycles. The van der Waals surface area contributed by atoms with E-state index in [1.807, 2.05) is 30.6 Å². The number of H-pyrrole nitrogens is 1. The van der Waals surface area contributed by atoms with E-state index >= 15 is 0 Å². The molecule has 0 unspecified atom stereocenters. The molecule has 0 fully saturated rings. The second-order valence-electron chi connectivity index (χ2n) is 5.28. The topological polar surface area (TPSA) is 49.7 Å². The Hall–Kier alpha value is -1.27. The predicted octanol–water partition coefficient (Wildman–Crippen LogP) is 2.00. The summed E-state index contributed by atoms with van der Waals surface area (Å²) in [5, 5.41) is 0. The maximum absolute atomic E-state index is 4.56. The molecule has 5 nitrogen and oxygen atoms in total. The van der Waals surface area contributed by atoms with E-state index in [1.54, 1.807) is 0 Å². The van der Waals surface area contributed by atoms with E-state index in [9.17, 15) is 0 Å². The molecule has 1 N–H and O–H groups in total. The van der Waals surface area contributed by atoms with E-state index in [2.05, 4.69) is 37.7 Å². The number of rotatable bonds is 5. The highest BCUT2D eigenvalue weighted by molar-refractivity contribution is 7.98. The standard InChI is InChI=1S/C14H21N5S/c1-18-10-15-7-11(18)8-19-5-3-12-14(17-9-16-12)13(19)4-6-20-2/h7,9-10,13H,3-6,8H2,1-2H3,(H,16,17)/t13-/m0/s1. The van der Waals surface area contributed by atoms with Crippen molar-refractivity contribution < 1.29 is 0 Å². The Kier molecular flexibility index (Phi) is 4.12. The lowest BCUT2D eigenvalue weighted by molar-refractivity contribution is 0.164. The maximum atomic E-state index is 4.56. The van der Waals surface area contributed by atoms with Crippen LogP contribution < -0.4 is 0 Å². The zero-order valence-corrected chi connectivity index (χ0v) is 12.9. The van der Waals surface area contributed by atoms with Crippen LogP contribution >= 0.6 is 11.8 Å². The molecule has 20 heavy (non-hydrogen) atoms. The SMILES string of the molecule is CSCC[C@H]1c2nc[nH]c2CCN1Cc1cncn1C. The Morgan fingerprint density at radius 2 is 2.40 bits per heavy atom. The van der Waals surface area contributed by atoms with E-state index < -0.39 is 0 Å². The molecule has 0 saturated carbocycles. The number of nitrogens with one attached hydrogen (secondary N) is 1. The lowest BCUT2D eigenvalue weighted by Crippen LogP contribution is -2.36. The molecule has 1 aliphatic rings. The summed E-state index contributed by atoms with van der Waals surface area (Å²) in [5.74, 6) is 1.17. The third-order valence-corrected chi connectivity index (χ3v) is 4.68. The average molecular weight is 291 g/mol. The molecule has 0 bridgehead atoms. The molecule has 3 rings (SSSR count). The predicted molar refractivity (Wildman–Crippen MR) is 81.6 cm³/mol. The Balaban J connectivity index is 1.80. The van der Waals surface area contributed by atoms with Gasteiger partial charge in [0.05, 0.1) is 30.1 Å². The minimum absolute atomic E-state index is 0.423. The van der Waals surface area contributed by atoms with Gasteiger partial charge in [0.2, 0.25) is 0 Å². The summed E-state index contributed by atoms with van der Waals surface area (Å²) in [4.78, 5) is 14.6. The number of nitrogens with zero attached hydrogens (tertiary/aromatic N) is 4. The fourth-order valence-corrected chi connectivity index (χ4v) is 3.35. The first kappa shape index (κ1) is 13.7. The van der Waals surface area contributed by atoms with Gasteiger partial charge in [-0.15, -0.1) is 0 Å². The van der Waals surface area contributed by atoms with Crippen molar-refractivity contribution in [1.82, 2.24) is 24.4 Å². The van der Waals surface area contributed by atoms with E-state index in [-0.39, 0.29) is 0 Å². The van der Waals surface area contributed by atoms with Crippen molar-refractivity contribution in [3.8, 4) is 0 Å². The van der Waals surface area contributed by atoms with Gasteiger partial charge in [0.1, 0.15) is 0 Å². The highest BCUT2D eigenvalue weighted by atomic mass is 32.2. The van der Waals surface area contributed by atoms with Crippen LogP contribution in [0.2, 0.25) is 0 Å². The molecule has 0 aromatic carbocycles. The zero-order valence-electron chi connectivity index (χ0n) is 12.0. The Bertz CT molecular complexity index is 561. The summed E-state index contributed by atoms with van der Waals surface area (Å²) in [6.07, 6.45) is 10.0. The van der Waals surface area contributed by atoms with Crippen molar-refractivity contribution in [1.29, 1.82) is 0 Å². The van der Waals surface area contributed by atoms with Gasteiger partial charge >= 0.3 is 0 Å². The quantitative estimate of drug-likeness (QED) is 0.915. The molecule has 2 aromatic rings. The van der Waals surface area contributed by atoms with E-state index in [0.717, 1.165) is 25.9 Å². The van der Waals surface area contributed by atoms with Crippen LogP contribution in [-0.4, -0.2) is 43.0 Å². The Labute approximate surface area is 123 Å². The number of thioether (sulfide) groups is 1. The molecule has 0 spiro atoms. The summed E-state index contributed by atoms with van der Waals surface area (Å²) >= 11 is 1.90. The smallest absolute Gasteiger partial charge is 0.0945 e. The zero-order chi connectivity index (χ0) is 13.9. The number of hydrogen-bond donors (Lipinski definition) is 1. The van der Waals surface area contributed by atoms with Crippen molar-refractivity contribution >= 4 is 11.8 Å². The minimum Gasteiger partial charge on any atom is -0.348 e. The summed E-state index contributed by atoms with van der Waals surface area (Å²) in [6.45, 7) is 2.03.